The van der Waals surface area contributed by atoms with Gasteiger partial charge in [0, 0.05) is 101 Å². The third-order valence-corrected chi connectivity index (χ3v) is 31.9. The lowest BCUT2D eigenvalue weighted by atomic mass is 9.93. The van der Waals surface area contributed by atoms with Crippen LogP contribution in [-0.2, 0) is 0 Å². The average molecular weight is 1970 g/mol. The van der Waals surface area contributed by atoms with Crippen LogP contribution in [0.2, 0.25) is 0 Å². The lowest BCUT2D eigenvalue weighted by Crippen LogP contribution is -2.10. The van der Waals surface area contributed by atoms with Crippen molar-refractivity contribution < 1.29 is 0 Å². The van der Waals surface area contributed by atoms with E-state index in [9.17, 15) is 0 Å². The van der Waals surface area contributed by atoms with Crippen molar-refractivity contribution in [2.45, 2.75) is 0 Å². The summed E-state index contributed by atoms with van der Waals surface area (Å²) in [6.07, 6.45) is 0. The van der Waals surface area contributed by atoms with Gasteiger partial charge in [-0.2, -0.15) is 0 Å². The van der Waals surface area contributed by atoms with E-state index >= 15 is 0 Å². The van der Waals surface area contributed by atoms with Crippen molar-refractivity contribution in [3.8, 4) is 134 Å². The zero-order chi connectivity index (χ0) is 99.8. The highest BCUT2D eigenvalue weighted by molar-refractivity contribution is 7.27. The van der Waals surface area contributed by atoms with Gasteiger partial charge in [0.15, 0.2) is 0 Å². The van der Waals surface area contributed by atoms with Crippen molar-refractivity contribution in [1.29, 1.82) is 0 Å². The maximum absolute atomic E-state index is 2.41. The summed E-state index contributed by atoms with van der Waals surface area (Å²) in [4.78, 5) is 7.16. The number of anilines is 9. The van der Waals surface area contributed by atoms with Crippen LogP contribution in [0.25, 0.3) is 194 Å². The molecule has 0 fully saturated rings. The predicted octanol–water partition coefficient (Wildman–Crippen LogP) is 42.6. The summed E-state index contributed by atoms with van der Waals surface area (Å²) in [5, 5.41) is 7.80. The van der Waals surface area contributed by atoms with E-state index in [1.54, 1.807) is 0 Å². The maximum Gasteiger partial charge on any atom is 0.0640 e. The molecule has 150 heavy (non-hydrogen) atoms. The van der Waals surface area contributed by atoms with Gasteiger partial charge in [0.25, 0.3) is 0 Å². The van der Waals surface area contributed by atoms with E-state index in [0.717, 1.165) is 45.5 Å². The molecule has 3 heterocycles. The average Bonchev–Trinajstić information content (AvgIpc) is 1.59. The highest BCUT2D eigenvalue weighted by Gasteiger charge is 2.24. The second-order valence-electron chi connectivity index (χ2n) is 37.8. The SMILES string of the molecule is c1ccc(-c2ccc(N(c3ccc(-c4cc(-c5ccccc5)cc(-c5ccccc5)c4)cc3)c3ccc4c(c3)sc3ccccc34)cc2)cc1.c1ccc(-c2ccc(N(c3ccc(-c4cc(-c5ccccc5)cc(-c5ccccc5)c4)cc3)c3ccc4sc5ccccc5c4c3)cc2)cc1.c1ccc(-c2ccc(N(c3ccc(-c4cc(-c5ccccc5)cc(-c5ccccc5)c4)cc3)c3cccc4c3sc3ccccc34)cc2)cc1. The lowest BCUT2D eigenvalue weighted by molar-refractivity contribution is 1.29. The van der Waals surface area contributed by atoms with Gasteiger partial charge in [0.1, 0.15) is 0 Å². The first-order valence-electron chi connectivity index (χ1n) is 51.0. The van der Waals surface area contributed by atoms with Crippen molar-refractivity contribution in [3.63, 3.8) is 0 Å². The van der Waals surface area contributed by atoms with Crippen molar-refractivity contribution >= 4 is 146 Å². The van der Waals surface area contributed by atoms with Gasteiger partial charge < -0.3 is 14.7 Å². The molecule has 0 amide bonds. The molecule has 708 valence electrons. The first kappa shape index (κ1) is 92.5. The van der Waals surface area contributed by atoms with E-state index in [1.165, 1.54) is 200 Å². The smallest absolute Gasteiger partial charge is 0.0640 e. The molecule has 0 aliphatic heterocycles. The van der Waals surface area contributed by atoms with Gasteiger partial charge in [0.2, 0.25) is 0 Å². The Morgan fingerprint density at radius 1 is 0.100 bits per heavy atom. The van der Waals surface area contributed by atoms with E-state index in [4.69, 9.17) is 0 Å². The third kappa shape index (κ3) is 19.5. The normalized spacial score (nSPS) is 11.2. The number of thiophene rings is 3. The molecule has 27 aromatic rings. The Kier molecular flexibility index (Phi) is 26.0. The molecule has 0 saturated carbocycles. The monoisotopic (exact) mass is 1970 g/mol. The number of nitrogens with zero attached hydrogens (tertiary/aromatic N) is 3. The molecule has 6 heteroatoms. The molecule has 0 radical (unpaired) electrons. The topological polar surface area (TPSA) is 9.72 Å². The Labute approximate surface area is 887 Å². The molecule has 24 aromatic carbocycles. The summed E-state index contributed by atoms with van der Waals surface area (Å²) in [6, 6.07) is 217. The van der Waals surface area contributed by atoms with Gasteiger partial charge >= 0.3 is 0 Å². The van der Waals surface area contributed by atoms with E-state index in [1.807, 2.05) is 34.0 Å². The van der Waals surface area contributed by atoms with Crippen LogP contribution in [0.5, 0.6) is 0 Å². The Morgan fingerprint density at radius 3 is 0.593 bits per heavy atom. The van der Waals surface area contributed by atoms with E-state index < -0.39 is 0 Å². The molecule has 0 spiro atoms. The van der Waals surface area contributed by atoms with Gasteiger partial charge in [-0.05, 0) is 316 Å². The molecular formula is C144H99N3S3. The van der Waals surface area contributed by atoms with Gasteiger partial charge in [-0.3, -0.25) is 0 Å². The fraction of sp³-hybridized carbons (Fsp3) is 0. The summed E-state index contributed by atoms with van der Waals surface area (Å²) < 4.78 is 7.81. The Balaban J connectivity index is 0.000000116. The van der Waals surface area contributed by atoms with Gasteiger partial charge in [-0.15, -0.1) is 34.0 Å². The predicted molar refractivity (Wildman–Crippen MR) is 647 cm³/mol. The fourth-order valence-electron chi connectivity index (χ4n) is 20.8. The van der Waals surface area contributed by atoms with Crippen LogP contribution in [0.4, 0.5) is 51.2 Å². The highest BCUT2D eigenvalue weighted by atomic mass is 32.1. The minimum absolute atomic E-state index is 1.11. The van der Waals surface area contributed by atoms with Crippen LogP contribution in [0.15, 0.2) is 601 Å². The van der Waals surface area contributed by atoms with Crippen molar-refractivity contribution in [3.05, 3.63) is 601 Å². The molecule has 0 atom stereocenters. The quantitative estimate of drug-likeness (QED) is 0.0710. The first-order chi connectivity index (χ1) is 74.3. The number of hydrogen-bond donors (Lipinski definition) is 0. The first-order valence-corrected chi connectivity index (χ1v) is 53.5. The highest BCUT2D eigenvalue weighted by Crippen LogP contribution is 2.50. The van der Waals surface area contributed by atoms with Crippen molar-refractivity contribution in [2.24, 2.45) is 0 Å². The van der Waals surface area contributed by atoms with Crippen LogP contribution in [0, 0.1) is 0 Å². The van der Waals surface area contributed by atoms with Crippen molar-refractivity contribution in [1.82, 2.24) is 0 Å². The standard InChI is InChI=1S/3C48H33NS/c1-4-13-34(14-5-1)37-23-27-42(28-24-37)49(46-21-12-20-45-44-19-10-11-22-47(44)50-48(45)46)43-29-25-38(26-30-43)41-32-39(35-15-6-2-7-16-35)31-40(33-41)36-17-8-3-9-18-36;1-4-12-34(13-5-1)37-20-24-42(25-21-37)49(44-28-29-48-46(33-44)45-18-10-11-19-47(45)50-48)43-26-22-38(23-27-43)41-31-39(35-14-6-2-7-15-35)30-40(32-41)36-16-8-3-9-17-36;1-4-12-34(13-5-1)37-20-24-42(25-21-37)49(44-28-29-46-45-18-10-11-19-47(45)50-48(46)33-44)43-26-22-38(23-27-43)41-31-39(35-14-6-2-7-15-35)30-40(32-41)36-16-8-3-9-17-36/h3*1-33H. The second kappa shape index (κ2) is 42.2. The molecule has 0 bridgehead atoms. The Hall–Kier alpha value is -18.7. The largest absolute Gasteiger partial charge is 0.310 e. The number of benzene rings is 24. The Morgan fingerprint density at radius 2 is 0.293 bits per heavy atom. The molecule has 3 nitrogen and oxygen atoms in total. The van der Waals surface area contributed by atoms with Gasteiger partial charge in [-0.1, -0.05) is 419 Å². The zero-order valence-corrected chi connectivity index (χ0v) is 84.7. The van der Waals surface area contributed by atoms with Crippen LogP contribution in [0.1, 0.15) is 0 Å². The van der Waals surface area contributed by atoms with E-state index in [2.05, 4.69) is 615 Å². The zero-order valence-electron chi connectivity index (χ0n) is 82.2. The molecule has 0 aliphatic rings. The minimum atomic E-state index is 1.11. The summed E-state index contributed by atoms with van der Waals surface area (Å²) in [5.74, 6) is 0. The summed E-state index contributed by atoms with van der Waals surface area (Å²) in [6.45, 7) is 0. The van der Waals surface area contributed by atoms with Crippen LogP contribution in [0.3, 0.4) is 0 Å². The van der Waals surface area contributed by atoms with Crippen LogP contribution < -0.4 is 14.7 Å². The molecule has 0 N–H and O–H groups in total. The number of hydrogen-bond acceptors (Lipinski definition) is 6. The molecule has 27 rings (SSSR count). The summed E-state index contributed by atoms with van der Waals surface area (Å²) in [5.41, 5.74) is 39.1. The molecule has 3 aromatic heterocycles. The molecular weight excluding hydrogens is 1870 g/mol. The van der Waals surface area contributed by atoms with Crippen molar-refractivity contribution in [2.75, 3.05) is 14.7 Å². The van der Waals surface area contributed by atoms with E-state index in [-0.39, 0.29) is 0 Å². The molecule has 0 saturated heterocycles. The van der Waals surface area contributed by atoms with Gasteiger partial charge in [0.05, 0.1) is 10.4 Å². The lowest BCUT2D eigenvalue weighted by Gasteiger charge is -2.26. The summed E-state index contributed by atoms with van der Waals surface area (Å²) in [7, 11) is 0. The van der Waals surface area contributed by atoms with Crippen LogP contribution >= 0.6 is 34.0 Å². The number of fused-ring (bicyclic) bond motifs is 9. The Bertz CT molecular complexity index is 9210. The number of rotatable bonds is 21. The maximum atomic E-state index is 2.41. The molecule has 0 aliphatic carbocycles. The van der Waals surface area contributed by atoms with E-state index in [0.29, 0.717) is 0 Å². The molecule has 0 unspecified atom stereocenters. The second-order valence-corrected chi connectivity index (χ2v) is 41.0. The summed E-state index contributed by atoms with van der Waals surface area (Å²) >= 11 is 5.57. The fourth-order valence-corrected chi connectivity index (χ4v) is 24.2. The minimum Gasteiger partial charge on any atom is -0.310 e. The van der Waals surface area contributed by atoms with Gasteiger partial charge in [-0.25, -0.2) is 0 Å². The third-order valence-electron chi connectivity index (χ3n) is 28.4. The van der Waals surface area contributed by atoms with Crippen LogP contribution in [-0.4, -0.2) is 0 Å².